The number of nitrogens with one attached hydrogen (secondary N) is 1. The number of anilines is 1. The number of aromatic hydroxyl groups is 1. The van der Waals surface area contributed by atoms with Gasteiger partial charge in [0.15, 0.2) is 11.5 Å². The highest BCUT2D eigenvalue weighted by Gasteiger charge is 2.22. The summed E-state index contributed by atoms with van der Waals surface area (Å²) >= 11 is 0. The second-order valence-corrected chi connectivity index (χ2v) is 6.72. The molecule has 0 saturated carbocycles. The molecule has 6 heteroatoms. The van der Waals surface area contributed by atoms with Crippen LogP contribution in [0.1, 0.15) is 45.1 Å². The lowest BCUT2D eigenvalue weighted by atomic mass is 9.96. The number of hydrogen-bond donors (Lipinski definition) is 2. The predicted octanol–water partition coefficient (Wildman–Crippen LogP) is 3.30. The molecule has 1 atom stereocenters. The molecule has 0 aliphatic heterocycles. The first-order chi connectivity index (χ1) is 10.8. The van der Waals surface area contributed by atoms with Crippen LogP contribution < -0.4 is 5.32 Å². The normalized spacial score (nSPS) is 13.2. The lowest BCUT2D eigenvalue weighted by molar-refractivity contribution is 0.474. The third-order valence-corrected chi connectivity index (χ3v) is 3.67. The van der Waals surface area contributed by atoms with Gasteiger partial charge in [0.05, 0.1) is 6.04 Å². The van der Waals surface area contributed by atoms with E-state index in [-0.39, 0.29) is 17.2 Å². The maximum Gasteiger partial charge on any atom is 0.178 e. The van der Waals surface area contributed by atoms with Gasteiger partial charge in [-0.05, 0) is 36.8 Å². The third kappa shape index (κ3) is 3.11. The molecule has 0 fully saturated rings. The summed E-state index contributed by atoms with van der Waals surface area (Å²) in [6, 6.07) is 11.0. The number of rotatable bonds is 3. The summed E-state index contributed by atoms with van der Waals surface area (Å²) in [6.07, 6.45) is 0. The van der Waals surface area contributed by atoms with Crippen LogP contribution in [0.2, 0.25) is 0 Å². The molecule has 0 unspecified atom stereocenters. The number of phenolic OH excluding ortho intramolecular Hbond substituents is 1. The molecular weight excluding hydrogens is 290 g/mol. The van der Waals surface area contributed by atoms with Crippen molar-refractivity contribution in [1.82, 2.24) is 19.8 Å². The number of nitrogens with zero attached hydrogens (tertiary/aromatic N) is 4. The van der Waals surface area contributed by atoms with Gasteiger partial charge in [-0.25, -0.2) is 0 Å². The van der Waals surface area contributed by atoms with Crippen LogP contribution in [0.4, 0.5) is 5.82 Å². The van der Waals surface area contributed by atoms with Gasteiger partial charge in [0.25, 0.3) is 0 Å². The van der Waals surface area contributed by atoms with Crippen molar-refractivity contribution in [3.8, 4) is 5.75 Å². The Morgan fingerprint density at radius 1 is 1.13 bits per heavy atom. The number of benzene rings is 1. The zero-order valence-corrected chi connectivity index (χ0v) is 13.8. The van der Waals surface area contributed by atoms with Crippen LogP contribution in [0.15, 0.2) is 36.4 Å². The summed E-state index contributed by atoms with van der Waals surface area (Å²) in [5.41, 5.74) is 1.58. The highest BCUT2D eigenvalue weighted by Crippen LogP contribution is 2.23. The van der Waals surface area contributed by atoms with E-state index >= 15 is 0 Å². The predicted molar refractivity (Wildman–Crippen MR) is 89.6 cm³/mol. The van der Waals surface area contributed by atoms with Gasteiger partial charge in [0.1, 0.15) is 11.6 Å². The van der Waals surface area contributed by atoms with E-state index in [1.54, 1.807) is 16.6 Å². The second kappa shape index (κ2) is 5.53. The molecule has 0 bridgehead atoms. The van der Waals surface area contributed by atoms with Crippen molar-refractivity contribution in [1.29, 1.82) is 0 Å². The highest BCUT2D eigenvalue weighted by atomic mass is 16.3. The smallest absolute Gasteiger partial charge is 0.178 e. The summed E-state index contributed by atoms with van der Waals surface area (Å²) < 4.78 is 1.78. The van der Waals surface area contributed by atoms with Crippen molar-refractivity contribution in [3.05, 3.63) is 47.8 Å². The van der Waals surface area contributed by atoms with E-state index in [0.29, 0.717) is 0 Å². The average molecular weight is 311 g/mol. The fraction of sp³-hybridized carbons (Fsp3) is 0.353. The van der Waals surface area contributed by atoms with Gasteiger partial charge in [-0.3, -0.25) is 0 Å². The SMILES string of the molecule is C[C@@H](Nc1ccc2nnc(C(C)(C)C)n2n1)c1cccc(O)c1. The van der Waals surface area contributed by atoms with E-state index in [4.69, 9.17) is 0 Å². The quantitative estimate of drug-likeness (QED) is 0.776. The first kappa shape index (κ1) is 15.3. The van der Waals surface area contributed by atoms with E-state index < -0.39 is 0 Å². The lowest BCUT2D eigenvalue weighted by Crippen LogP contribution is -2.18. The monoisotopic (exact) mass is 311 g/mol. The summed E-state index contributed by atoms with van der Waals surface area (Å²) in [7, 11) is 0. The van der Waals surface area contributed by atoms with Gasteiger partial charge < -0.3 is 10.4 Å². The Morgan fingerprint density at radius 2 is 1.91 bits per heavy atom. The van der Waals surface area contributed by atoms with Crippen molar-refractivity contribution in [2.24, 2.45) is 0 Å². The molecule has 3 rings (SSSR count). The molecule has 1 aromatic carbocycles. The molecular formula is C17H21N5O. The van der Waals surface area contributed by atoms with Gasteiger partial charge in [-0.1, -0.05) is 32.9 Å². The number of phenols is 1. The van der Waals surface area contributed by atoms with Crippen LogP contribution >= 0.6 is 0 Å². The molecule has 3 aromatic rings. The van der Waals surface area contributed by atoms with Crippen molar-refractivity contribution in [3.63, 3.8) is 0 Å². The van der Waals surface area contributed by atoms with Gasteiger partial charge in [-0.2, -0.15) is 4.52 Å². The van der Waals surface area contributed by atoms with E-state index in [0.717, 1.165) is 22.9 Å². The minimum atomic E-state index is -0.137. The largest absolute Gasteiger partial charge is 0.508 e. The Morgan fingerprint density at radius 3 is 2.61 bits per heavy atom. The average Bonchev–Trinajstić information content (AvgIpc) is 2.90. The molecule has 6 nitrogen and oxygen atoms in total. The molecule has 0 spiro atoms. The Hall–Kier alpha value is -2.63. The maximum absolute atomic E-state index is 9.60. The van der Waals surface area contributed by atoms with Crippen molar-refractivity contribution in [2.45, 2.75) is 39.2 Å². The molecule has 0 amide bonds. The topological polar surface area (TPSA) is 75.3 Å². The van der Waals surface area contributed by atoms with Crippen LogP contribution in [-0.2, 0) is 5.41 Å². The first-order valence-electron chi connectivity index (χ1n) is 7.63. The van der Waals surface area contributed by atoms with E-state index in [1.165, 1.54) is 0 Å². The fourth-order valence-corrected chi connectivity index (χ4v) is 2.43. The Kier molecular flexibility index (Phi) is 3.67. The molecule has 2 N–H and O–H groups in total. The molecule has 23 heavy (non-hydrogen) atoms. The molecule has 0 saturated heterocycles. The standard InChI is InChI=1S/C17H21N5O/c1-11(12-6-5-7-13(23)10-12)18-14-8-9-15-19-20-16(17(2,3)4)22(15)21-14/h5-11,23H,1-4H3,(H,18,21)/t11-/m1/s1. The zero-order valence-electron chi connectivity index (χ0n) is 13.8. The first-order valence-corrected chi connectivity index (χ1v) is 7.63. The summed E-state index contributed by atoms with van der Waals surface area (Å²) in [6.45, 7) is 8.28. The molecule has 0 radical (unpaired) electrons. The minimum absolute atomic E-state index is 0.0154. The van der Waals surface area contributed by atoms with Gasteiger partial charge in [0, 0.05) is 5.41 Å². The summed E-state index contributed by atoms with van der Waals surface area (Å²) in [4.78, 5) is 0. The third-order valence-electron chi connectivity index (χ3n) is 3.67. The van der Waals surface area contributed by atoms with Crippen LogP contribution in [0.25, 0.3) is 5.65 Å². The Bertz CT molecular complexity index is 834. The minimum Gasteiger partial charge on any atom is -0.508 e. The second-order valence-electron chi connectivity index (χ2n) is 6.72. The van der Waals surface area contributed by atoms with Crippen molar-refractivity contribution < 1.29 is 5.11 Å². The number of aromatic nitrogens is 4. The molecule has 0 aliphatic rings. The number of fused-ring (bicyclic) bond motifs is 1. The summed E-state index contributed by atoms with van der Waals surface area (Å²) in [5.74, 6) is 1.81. The Balaban J connectivity index is 1.91. The van der Waals surface area contributed by atoms with Crippen molar-refractivity contribution >= 4 is 11.5 Å². The van der Waals surface area contributed by atoms with Crippen LogP contribution in [0.5, 0.6) is 5.75 Å². The highest BCUT2D eigenvalue weighted by molar-refractivity contribution is 5.46. The fourth-order valence-electron chi connectivity index (χ4n) is 2.43. The number of hydrogen-bond acceptors (Lipinski definition) is 5. The maximum atomic E-state index is 9.60. The Labute approximate surface area is 135 Å². The van der Waals surface area contributed by atoms with Crippen LogP contribution in [0, 0.1) is 0 Å². The molecule has 120 valence electrons. The summed E-state index contributed by atoms with van der Waals surface area (Å²) in [5, 5.41) is 26.0. The van der Waals surface area contributed by atoms with Crippen LogP contribution in [0.3, 0.4) is 0 Å². The van der Waals surface area contributed by atoms with Gasteiger partial charge >= 0.3 is 0 Å². The van der Waals surface area contributed by atoms with E-state index in [1.807, 2.05) is 31.2 Å². The van der Waals surface area contributed by atoms with Gasteiger partial charge in [0.2, 0.25) is 0 Å². The molecule has 0 aliphatic carbocycles. The molecule has 2 aromatic heterocycles. The van der Waals surface area contributed by atoms with Gasteiger partial charge in [-0.15, -0.1) is 15.3 Å². The van der Waals surface area contributed by atoms with E-state index in [2.05, 4.69) is 41.4 Å². The molecule has 2 heterocycles. The van der Waals surface area contributed by atoms with Crippen LogP contribution in [-0.4, -0.2) is 24.9 Å². The van der Waals surface area contributed by atoms with E-state index in [9.17, 15) is 5.11 Å². The van der Waals surface area contributed by atoms with Crippen molar-refractivity contribution in [2.75, 3.05) is 5.32 Å². The lowest BCUT2D eigenvalue weighted by Gasteiger charge is -2.17. The zero-order chi connectivity index (χ0) is 16.6.